The minimum absolute atomic E-state index is 0.436. The predicted octanol–water partition coefficient (Wildman–Crippen LogP) is 3.35. The molecular weight excluding hydrogens is 160 g/mol. The van der Waals surface area contributed by atoms with Gasteiger partial charge in [0.1, 0.15) is 5.75 Å². The Bertz CT molecular complexity index is 289. The third-order valence-corrected chi connectivity index (χ3v) is 2.43. The number of aromatic hydroxyl groups is 1. The second kappa shape index (κ2) is 4.31. The highest BCUT2D eigenvalue weighted by Gasteiger charge is 2.03. The third kappa shape index (κ3) is 2.48. The molecule has 0 fully saturated rings. The molecule has 0 radical (unpaired) electrons. The SMILES string of the molecule is CCCCc1cc(C)cc(O)c1C. The van der Waals surface area contributed by atoms with Crippen molar-refractivity contribution in [1.29, 1.82) is 0 Å². The quantitative estimate of drug-likeness (QED) is 0.752. The summed E-state index contributed by atoms with van der Waals surface area (Å²) in [5.41, 5.74) is 3.48. The van der Waals surface area contributed by atoms with E-state index in [9.17, 15) is 5.11 Å². The lowest BCUT2D eigenvalue weighted by atomic mass is 10.00. The number of phenols is 1. The van der Waals surface area contributed by atoms with Gasteiger partial charge in [-0.1, -0.05) is 19.4 Å². The van der Waals surface area contributed by atoms with Crippen LogP contribution in [0.4, 0.5) is 0 Å². The van der Waals surface area contributed by atoms with Crippen molar-refractivity contribution in [2.45, 2.75) is 40.0 Å². The van der Waals surface area contributed by atoms with Crippen molar-refractivity contribution >= 4 is 0 Å². The van der Waals surface area contributed by atoms with E-state index >= 15 is 0 Å². The smallest absolute Gasteiger partial charge is 0.119 e. The van der Waals surface area contributed by atoms with Gasteiger partial charge in [-0.05, 0) is 49.4 Å². The Morgan fingerprint density at radius 2 is 1.92 bits per heavy atom. The second-order valence-corrected chi connectivity index (χ2v) is 3.67. The summed E-state index contributed by atoms with van der Waals surface area (Å²) >= 11 is 0. The lowest BCUT2D eigenvalue weighted by molar-refractivity contribution is 0.469. The summed E-state index contributed by atoms with van der Waals surface area (Å²) in [7, 11) is 0. The van der Waals surface area contributed by atoms with Crippen molar-refractivity contribution < 1.29 is 5.11 Å². The van der Waals surface area contributed by atoms with Gasteiger partial charge >= 0.3 is 0 Å². The molecule has 1 rings (SSSR count). The van der Waals surface area contributed by atoms with E-state index in [0.717, 1.165) is 17.5 Å². The maximum Gasteiger partial charge on any atom is 0.119 e. The van der Waals surface area contributed by atoms with E-state index in [1.807, 2.05) is 19.9 Å². The fourth-order valence-corrected chi connectivity index (χ4v) is 1.54. The number of aryl methyl sites for hydroxylation is 2. The Hall–Kier alpha value is -0.980. The number of hydrogen-bond donors (Lipinski definition) is 1. The molecule has 0 aliphatic carbocycles. The maximum atomic E-state index is 9.58. The molecule has 0 atom stereocenters. The van der Waals surface area contributed by atoms with Gasteiger partial charge in [-0.15, -0.1) is 0 Å². The van der Waals surface area contributed by atoms with Crippen LogP contribution in [0.5, 0.6) is 5.75 Å². The van der Waals surface area contributed by atoms with Crippen LogP contribution in [-0.4, -0.2) is 5.11 Å². The first-order valence-corrected chi connectivity index (χ1v) is 4.94. The van der Waals surface area contributed by atoms with Gasteiger partial charge in [0.25, 0.3) is 0 Å². The van der Waals surface area contributed by atoms with E-state index in [1.165, 1.54) is 18.4 Å². The van der Waals surface area contributed by atoms with Crippen LogP contribution in [0.2, 0.25) is 0 Å². The lowest BCUT2D eigenvalue weighted by Gasteiger charge is -2.08. The minimum atomic E-state index is 0.436. The van der Waals surface area contributed by atoms with Gasteiger partial charge in [-0.25, -0.2) is 0 Å². The van der Waals surface area contributed by atoms with Crippen molar-refractivity contribution in [3.63, 3.8) is 0 Å². The molecule has 0 spiro atoms. The molecule has 0 heterocycles. The number of benzene rings is 1. The minimum Gasteiger partial charge on any atom is -0.508 e. The zero-order valence-electron chi connectivity index (χ0n) is 8.72. The molecule has 0 amide bonds. The van der Waals surface area contributed by atoms with Gasteiger partial charge in [-0.3, -0.25) is 0 Å². The van der Waals surface area contributed by atoms with Crippen LogP contribution in [0.1, 0.15) is 36.5 Å². The molecule has 1 aromatic rings. The molecule has 72 valence electrons. The Morgan fingerprint density at radius 3 is 2.54 bits per heavy atom. The van der Waals surface area contributed by atoms with Gasteiger partial charge in [0.05, 0.1) is 0 Å². The fourth-order valence-electron chi connectivity index (χ4n) is 1.54. The Kier molecular flexibility index (Phi) is 3.35. The van der Waals surface area contributed by atoms with E-state index in [4.69, 9.17) is 0 Å². The number of hydrogen-bond acceptors (Lipinski definition) is 1. The molecule has 0 saturated heterocycles. The van der Waals surface area contributed by atoms with Crippen molar-refractivity contribution in [2.24, 2.45) is 0 Å². The Balaban J connectivity index is 2.92. The summed E-state index contributed by atoms with van der Waals surface area (Å²) in [6.07, 6.45) is 3.48. The van der Waals surface area contributed by atoms with Crippen molar-refractivity contribution in [3.8, 4) is 5.75 Å². The molecule has 1 nitrogen and oxygen atoms in total. The van der Waals surface area contributed by atoms with Crippen LogP contribution in [0.15, 0.2) is 12.1 Å². The lowest BCUT2D eigenvalue weighted by Crippen LogP contribution is -1.91. The average molecular weight is 178 g/mol. The van der Waals surface area contributed by atoms with Gasteiger partial charge in [0.2, 0.25) is 0 Å². The summed E-state index contributed by atoms with van der Waals surface area (Å²) < 4.78 is 0. The van der Waals surface area contributed by atoms with Gasteiger partial charge in [0.15, 0.2) is 0 Å². The highest BCUT2D eigenvalue weighted by molar-refractivity contribution is 5.41. The first kappa shape index (κ1) is 10.1. The second-order valence-electron chi connectivity index (χ2n) is 3.67. The van der Waals surface area contributed by atoms with Crippen molar-refractivity contribution in [3.05, 3.63) is 28.8 Å². The number of rotatable bonds is 3. The summed E-state index contributed by atoms with van der Waals surface area (Å²) in [6.45, 7) is 6.19. The van der Waals surface area contributed by atoms with E-state index in [1.54, 1.807) is 0 Å². The van der Waals surface area contributed by atoms with E-state index in [0.29, 0.717) is 5.75 Å². The summed E-state index contributed by atoms with van der Waals surface area (Å²) in [6, 6.07) is 4.00. The molecule has 1 aromatic carbocycles. The largest absolute Gasteiger partial charge is 0.508 e. The average Bonchev–Trinajstić information content (AvgIpc) is 2.09. The number of unbranched alkanes of at least 4 members (excludes halogenated alkanes) is 1. The zero-order valence-corrected chi connectivity index (χ0v) is 8.72. The van der Waals surface area contributed by atoms with Crippen LogP contribution in [0.3, 0.4) is 0 Å². The molecule has 0 bridgehead atoms. The maximum absolute atomic E-state index is 9.58. The van der Waals surface area contributed by atoms with Crippen molar-refractivity contribution in [1.82, 2.24) is 0 Å². The Labute approximate surface area is 80.4 Å². The summed E-state index contributed by atoms with van der Waals surface area (Å²) in [5, 5.41) is 9.58. The van der Waals surface area contributed by atoms with Crippen molar-refractivity contribution in [2.75, 3.05) is 0 Å². The molecule has 0 aliphatic heterocycles. The van der Waals surface area contributed by atoms with Crippen LogP contribution < -0.4 is 0 Å². The molecule has 0 unspecified atom stereocenters. The van der Waals surface area contributed by atoms with Gasteiger partial charge in [0, 0.05) is 0 Å². The summed E-state index contributed by atoms with van der Waals surface area (Å²) in [4.78, 5) is 0. The highest BCUT2D eigenvalue weighted by Crippen LogP contribution is 2.23. The Morgan fingerprint density at radius 1 is 1.23 bits per heavy atom. The summed E-state index contributed by atoms with van der Waals surface area (Å²) in [5.74, 6) is 0.436. The fraction of sp³-hybridized carbons (Fsp3) is 0.500. The third-order valence-electron chi connectivity index (χ3n) is 2.43. The highest BCUT2D eigenvalue weighted by atomic mass is 16.3. The molecule has 1 N–H and O–H groups in total. The van der Waals surface area contributed by atoms with E-state index in [2.05, 4.69) is 13.0 Å². The van der Waals surface area contributed by atoms with E-state index < -0.39 is 0 Å². The van der Waals surface area contributed by atoms with Crippen LogP contribution in [0.25, 0.3) is 0 Å². The van der Waals surface area contributed by atoms with E-state index in [-0.39, 0.29) is 0 Å². The van der Waals surface area contributed by atoms with Crippen LogP contribution >= 0.6 is 0 Å². The zero-order chi connectivity index (χ0) is 9.84. The molecule has 0 aromatic heterocycles. The topological polar surface area (TPSA) is 20.2 Å². The molecule has 1 heteroatoms. The van der Waals surface area contributed by atoms with Gasteiger partial charge in [-0.2, -0.15) is 0 Å². The van der Waals surface area contributed by atoms with Crippen LogP contribution in [-0.2, 0) is 6.42 Å². The first-order valence-electron chi connectivity index (χ1n) is 4.94. The first-order chi connectivity index (χ1) is 6.15. The number of phenolic OH excluding ortho intramolecular Hbond substituents is 1. The standard InChI is InChI=1S/C12H18O/c1-4-5-6-11-7-9(2)8-12(13)10(11)3/h7-8,13H,4-6H2,1-3H3. The monoisotopic (exact) mass is 178 g/mol. The molecule has 0 saturated carbocycles. The van der Waals surface area contributed by atoms with Crippen LogP contribution in [0, 0.1) is 13.8 Å². The normalized spacial score (nSPS) is 10.4. The molecule has 0 aliphatic rings. The molecular formula is C12H18O. The molecule has 13 heavy (non-hydrogen) atoms. The predicted molar refractivity (Wildman–Crippen MR) is 56.2 cm³/mol. The van der Waals surface area contributed by atoms with Gasteiger partial charge < -0.3 is 5.11 Å².